The summed E-state index contributed by atoms with van der Waals surface area (Å²) in [5.41, 5.74) is 11.3. The molecule has 0 N–H and O–H groups in total. The van der Waals surface area contributed by atoms with Crippen LogP contribution in [-0.4, -0.2) is 30.9 Å². The van der Waals surface area contributed by atoms with E-state index in [9.17, 15) is 0 Å². The molecule has 5 nitrogen and oxygen atoms in total. The van der Waals surface area contributed by atoms with Gasteiger partial charge in [0.15, 0.2) is 0 Å². The van der Waals surface area contributed by atoms with Gasteiger partial charge in [0.25, 0.3) is 0 Å². The highest BCUT2D eigenvalue weighted by Gasteiger charge is 2.38. The number of ether oxygens (including phenoxy) is 4. The maximum atomic E-state index is 7.58. The van der Waals surface area contributed by atoms with Gasteiger partial charge in [-0.2, -0.15) is 0 Å². The van der Waals surface area contributed by atoms with Gasteiger partial charge in [0.05, 0.1) is 14.2 Å². The van der Waals surface area contributed by atoms with Crippen molar-refractivity contribution in [2.45, 2.75) is 65.1 Å². The Balaban J connectivity index is 1.42. The molecule has 0 amide bonds. The van der Waals surface area contributed by atoms with Crippen LogP contribution in [0.5, 0.6) is 23.0 Å². The van der Waals surface area contributed by atoms with Crippen LogP contribution in [0.1, 0.15) is 55.6 Å². The summed E-state index contributed by atoms with van der Waals surface area (Å²) in [6, 6.07) is 43.5. The zero-order chi connectivity index (χ0) is 38.2. The number of benzene rings is 6. The van der Waals surface area contributed by atoms with Gasteiger partial charge >= 0.3 is 0 Å². The first-order valence-electron chi connectivity index (χ1n) is 19.3. The molecule has 0 saturated carbocycles. The molecule has 0 fully saturated rings. The van der Waals surface area contributed by atoms with Crippen molar-refractivity contribution in [3.8, 4) is 23.0 Å². The molecule has 10 bridgehead atoms. The molecule has 6 aromatic rings. The molecule has 0 atom stereocenters. The molecule has 0 aliphatic carbocycles. The summed E-state index contributed by atoms with van der Waals surface area (Å²) in [4.78, 5) is 0. The van der Waals surface area contributed by atoms with Gasteiger partial charge in [0.1, 0.15) is 36.2 Å². The molecule has 6 aromatic carbocycles. The lowest BCUT2D eigenvalue weighted by molar-refractivity contribution is 0.300. The second kappa shape index (κ2) is 15.2. The van der Waals surface area contributed by atoms with Gasteiger partial charge in [0, 0.05) is 25.7 Å². The van der Waals surface area contributed by atoms with Gasteiger partial charge in [0.2, 0.25) is 16.6 Å². The number of para-hydroxylation sites is 2. The van der Waals surface area contributed by atoms with Gasteiger partial charge in [-0.05, 0) is 92.2 Å². The fourth-order valence-corrected chi connectivity index (χ4v) is 16.6. The van der Waals surface area contributed by atoms with E-state index in [1.54, 1.807) is 14.2 Å². The van der Waals surface area contributed by atoms with E-state index in [0.29, 0.717) is 38.9 Å². The highest BCUT2D eigenvalue weighted by molar-refractivity contribution is 6.96. The molecule has 2 heterocycles. The first-order chi connectivity index (χ1) is 26.6. The lowest BCUT2D eigenvalue weighted by Crippen LogP contribution is -2.58. The Morgan fingerprint density at radius 3 is 1.05 bits per heavy atom. The number of fused-ring (bicyclic) bond motifs is 10. The van der Waals surface area contributed by atoms with Crippen molar-refractivity contribution in [2.75, 3.05) is 14.2 Å². The minimum absolute atomic E-state index is 0.466. The molecule has 0 unspecified atom stereocenters. The molecule has 0 radical (unpaired) electrons. The molecule has 55 heavy (non-hydrogen) atoms. The predicted octanol–water partition coefficient (Wildman–Crippen LogP) is 9.39. The van der Waals surface area contributed by atoms with Crippen LogP contribution in [0.15, 0.2) is 121 Å². The molecule has 280 valence electrons. The molecular formula is C48H50O5Si2. The fraction of sp³-hybridized carbons (Fsp3) is 0.250. The van der Waals surface area contributed by atoms with Crippen LogP contribution in [0.25, 0.3) is 0 Å². The van der Waals surface area contributed by atoms with E-state index < -0.39 is 16.6 Å². The second-order valence-electron chi connectivity index (χ2n) is 15.8. The summed E-state index contributed by atoms with van der Waals surface area (Å²) >= 11 is 0. The van der Waals surface area contributed by atoms with Gasteiger partial charge in [-0.25, -0.2) is 0 Å². The standard InChI is InChI=1S/C48H50O5Si2/c1-49-45-35-19-13-20-36(45)24-40-28-44-30-42(48(40)52-32-34-17-11-8-12-18-34)26-38-22-14-21-37(46(38)50-2)25-41-29-43(54(3,4)53-55(44,5)6)27-39(23-35)47(41)51-31-33-15-9-7-10-16-33/h7-22,27-30H,23-26,31-32H2,1-6H3. The number of methoxy groups -OCH3 is 2. The summed E-state index contributed by atoms with van der Waals surface area (Å²) in [7, 11) is -1.43. The zero-order valence-electron chi connectivity index (χ0n) is 32.8. The van der Waals surface area contributed by atoms with E-state index in [2.05, 4.69) is 135 Å². The normalized spacial score (nSPS) is 15.2. The Kier molecular flexibility index (Phi) is 10.2. The van der Waals surface area contributed by atoms with Gasteiger partial charge in [-0.15, -0.1) is 0 Å². The summed E-state index contributed by atoms with van der Waals surface area (Å²) in [6.07, 6.45) is 2.58. The Bertz CT molecular complexity index is 2080. The van der Waals surface area contributed by atoms with Crippen LogP contribution in [-0.2, 0) is 43.0 Å². The predicted molar refractivity (Wildman–Crippen MR) is 227 cm³/mol. The third-order valence-corrected chi connectivity index (χ3v) is 18.6. The highest BCUT2D eigenvalue weighted by atomic mass is 28.4. The zero-order valence-corrected chi connectivity index (χ0v) is 34.8. The molecule has 0 aromatic heterocycles. The van der Waals surface area contributed by atoms with Crippen molar-refractivity contribution < 1.29 is 23.1 Å². The van der Waals surface area contributed by atoms with Crippen molar-refractivity contribution >= 4 is 27.0 Å². The fourth-order valence-electron chi connectivity index (χ4n) is 8.49. The van der Waals surface area contributed by atoms with Crippen LogP contribution in [0.4, 0.5) is 0 Å². The van der Waals surface area contributed by atoms with E-state index in [0.717, 1.165) is 78.6 Å². The molecular weight excluding hydrogens is 713 g/mol. The number of hydrogen-bond acceptors (Lipinski definition) is 5. The van der Waals surface area contributed by atoms with Crippen molar-refractivity contribution in [1.82, 2.24) is 0 Å². The van der Waals surface area contributed by atoms with Crippen LogP contribution >= 0.6 is 0 Å². The van der Waals surface area contributed by atoms with Crippen LogP contribution in [0.3, 0.4) is 0 Å². The van der Waals surface area contributed by atoms with Crippen LogP contribution < -0.4 is 29.3 Å². The molecule has 0 spiro atoms. The summed E-state index contributed by atoms with van der Waals surface area (Å²) in [6.45, 7) is 10.4. The number of hydrogen-bond donors (Lipinski definition) is 0. The van der Waals surface area contributed by atoms with E-state index in [4.69, 9.17) is 23.1 Å². The van der Waals surface area contributed by atoms with Crippen LogP contribution in [0, 0.1) is 0 Å². The van der Waals surface area contributed by atoms with Gasteiger partial charge < -0.3 is 23.1 Å². The molecule has 8 rings (SSSR count). The summed E-state index contributed by atoms with van der Waals surface area (Å²) in [5, 5.41) is 2.51. The molecule has 2 aliphatic rings. The molecule has 2 aliphatic heterocycles. The Hall–Kier alpha value is -5.09. The lowest BCUT2D eigenvalue weighted by atomic mass is 9.91. The third-order valence-electron chi connectivity index (χ3n) is 11.1. The van der Waals surface area contributed by atoms with E-state index in [1.807, 2.05) is 12.1 Å². The average Bonchev–Trinajstić information content (AvgIpc) is 3.17. The highest BCUT2D eigenvalue weighted by Crippen LogP contribution is 2.40. The maximum absolute atomic E-state index is 7.58. The van der Waals surface area contributed by atoms with Crippen molar-refractivity contribution in [1.29, 1.82) is 0 Å². The molecule has 7 heteroatoms. The molecule has 0 saturated heterocycles. The summed E-state index contributed by atoms with van der Waals surface area (Å²) in [5.74, 6) is 3.64. The Labute approximate surface area is 328 Å². The Morgan fingerprint density at radius 2 is 0.745 bits per heavy atom. The SMILES string of the molecule is COc1c2cccc1Cc1cc3cc(c1OCc1ccccc1)Cc1cccc(c1OC)Cc1cc(cc(c1OCc1ccccc1)C2)[Si](C)(C)O[Si]3(C)C. The van der Waals surface area contributed by atoms with Gasteiger partial charge in [-0.1, -0.05) is 121 Å². The topological polar surface area (TPSA) is 46.2 Å². The van der Waals surface area contributed by atoms with Crippen molar-refractivity contribution in [3.05, 3.63) is 177 Å². The van der Waals surface area contributed by atoms with Crippen LogP contribution in [0.2, 0.25) is 26.2 Å². The monoisotopic (exact) mass is 762 g/mol. The largest absolute Gasteiger partial charge is 0.496 e. The average molecular weight is 763 g/mol. The van der Waals surface area contributed by atoms with E-state index >= 15 is 0 Å². The second-order valence-corrected chi connectivity index (χ2v) is 23.9. The lowest BCUT2D eigenvalue weighted by Gasteiger charge is -2.36. The first kappa shape index (κ1) is 36.9. The summed E-state index contributed by atoms with van der Waals surface area (Å²) < 4.78 is 34.2. The third kappa shape index (κ3) is 7.61. The Morgan fingerprint density at radius 1 is 0.418 bits per heavy atom. The van der Waals surface area contributed by atoms with E-state index in [1.165, 1.54) is 10.4 Å². The van der Waals surface area contributed by atoms with Crippen molar-refractivity contribution in [3.63, 3.8) is 0 Å². The quantitative estimate of drug-likeness (QED) is 0.145. The minimum atomic E-state index is -2.51. The first-order valence-corrected chi connectivity index (χ1v) is 25.1. The smallest absolute Gasteiger partial charge is 0.206 e. The minimum Gasteiger partial charge on any atom is -0.496 e. The maximum Gasteiger partial charge on any atom is 0.206 e. The van der Waals surface area contributed by atoms with Gasteiger partial charge in [-0.3, -0.25) is 0 Å². The number of rotatable bonds is 8. The van der Waals surface area contributed by atoms with E-state index in [-0.39, 0.29) is 0 Å². The van der Waals surface area contributed by atoms with Crippen molar-refractivity contribution in [2.24, 2.45) is 0 Å².